The predicted molar refractivity (Wildman–Crippen MR) is 120 cm³/mol. The number of allylic oxidation sites excluding steroid dienone is 1. The largest absolute Gasteiger partial charge is 0.477 e. The van der Waals surface area contributed by atoms with Crippen LogP contribution in [0.2, 0.25) is 0 Å². The van der Waals surface area contributed by atoms with Crippen molar-refractivity contribution >= 4 is 46.8 Å². The number of nitrogens with one attached hydrogen (secondary N) is 1. The van der Waals surface area contributed by atoms with Crippen LogP contribution in [0.15, 0.2) is 40.4 Å². The van der Waals surface area contributed by atoms with Gasteiger partial charge in [0.1, 0.15) is 17.1 Å². The molecular formula is C22H23N3O5S2. The Balaban J connectivity index is 1.30. The van der Waals surface area contributed by atoms with Gasteiger partial charge in [0.25, 0.3) is 5.91 Å². The molecule has 3 fully saturated rings. The van der Waals surface area contributed by atoms with Gasteiger partial charge in [-0.1, -0.05) is 6.07 Å². The SMILES string of the molecule is O=C(Cc1cccs1)NC1C(=O)N2C(C(=O)O)=C(C=C3CCN(CC4CC4)C3=O)CSC12. The van der Waals surface area contributed by atoms with Crippen LogP contribution < -0.4 is 5.32 Å². The number of hydrogen-bond acceptors (Lipinski definition) is 6. The number of likely N-dealkylation sites (tertiary alicyclic amines) is 1. The molecule has 3 amide bonds. The molecule has 2 atom stereocenters. The van der Waals surface area contributed by atoms with Crippen LogP contribution in [0.3, 0.4) is 0 Å². The fourth-order valence-corrected chi connectivity index (χ4v) is 6.36. The van der Waals surface area contributed by atoms with Gasteiger partial charge in [-0.3, -0.25) is 19.3 Å². The first kappa shape index (κ1) is 21.3. The van der Waals surface area contributed by atoms with E-state index in [1.54, 1.807) is 6.08 Å². The van der Waals surface area contributed by atoms with Gasteiger partial charge in [0.05, 0.1) is 6.42 Å². The number of β-lactam (4-membered cyclic amide) rings is 1. The molecule has 2 unspecified atom stereocenters. The molecule has 4 aliphatic rings. The van der Waals surface area contributed by atoms with Gasteiger partial charge in [-0.25, -0.2) is 4.79 Å². The van der Waals surface area contributed by atoms with Crippen LogP contribution >= 0.6 is 23.1 Å². The van der Waals surface area contributed by atoms with Crippen molar-refractivity contribution in [2.24, 2.45) is 5.92 Å². The lowest BCUT2D eigenvalue weighted by atomic mass is 10.0. The Hall–Kier alpha value is -2.59. The molecule has 1 aliphatic carbocycles. The highest BCUT2D eigenvalue weighted by Crippen LogP contribution is 2.41. The van der Waals surface area contributed by atoms with Gasteiger partial charge in [0.2, 0.25) is 11.8 Å². The number of amides is 3. The molecular weight excluding hydrogens is 450 g/mol. The number of thiophene rings is 1. The Kier molecular flexibility index (Phi) is 5.58. The summed E-state index contributed by atoms with van der Waals surface area (Å²) >= 11 is 2.88. The van der Waals surface area contributed by atoms with E-state index in [1.165, 1.54) is 28.0 Å². The van der Waals surface area contributed by atoms with Gasteiger partial charge in [0.15, 0.2) is 0 Å². The Morgan fingerprint density at radius 3 is 2.78 bits per heavy atom. The number of thioether (sulfide) groups is 1. The van der Waals surface area contributed by atoms with E-state index in [4.69, 9.17) is 0 Å². The second-order valence-electron chi connectivity index (χ2n) is 8.50. The second-order valence-corrected chi connectivity index (χ2v) is 10.6. The van der Waals surface area contributed by atoms with Crippen LogP contribution in [0.25, 0.3) is 0 Å². The number of carbonyl (C=O) groups excluding carboxylic acids is 3. The third-order valence-corrected chi connectivity index (χ3v) is 8.35. The summed E-state index contributed by atoms with van der Waals surface area (Å²) in [5.74, 6) is -0.944. The number of rotatable bonds is 7. The van der Waals surface area contributed by atoms with Crippen molar-refractivity contribution in [2.75, 3.05) is 18.8 Å². The fourth-order valence-electron chi connectivity index (χ4n) is 4.35. The van der Waals surface area contributed by atoms with Crippen molar-refractivity contribution in [3.8, 4) is 0 Å². The molecule has 0 bridgehead atoms. The summed E-state index contributed by atoms with van der Waals surface area (Å²) in [6.45, 7) is 1.43. The third-order valence-electron chi connectivity index (χ3n) is 6.17. The Bertz CT molecular complexity index is 1040. The summed E-state index contributed by atoms with van der Waals surface area (Å²) in [7, 11) is 0. The van der Waals surface area contributed by atoms with E-state index in [-0.39, 0.29) is 23.9 Å². The topological polar surface area (TPSA) is 107 Å². The lowest BCUT2D eigenvalue weighted by molar-refractivity contribution is -0.150. The van der Waals surface area contributed by atoms with E-state index in [1.807, 2.05) is 22.4 Å². The summed E-state index contributed by atoms with van der Waals surface area (Å²) in [4.78, 5) is 53.9. The highest BCUT2D eigenvalue weighted by Gasteiger charge is 2.54. The van der Waals surface area contributed by atoms with Crippen LogP contribution in [-0.2, 0) is 25.6 Å². The minimum atomic E-state index is -1.20. The van der Waals surface area contributed by atoms with E-state index >= 15 is 0 Å². The van der Waals surface area contributed by atoms with Gasteiger partial charge < -0.3 is 15.3 Å². The van der Waals surface area contributed by atoms with Crippen molar-refractivity contribution in [2.45, 2.75) is 37.1 Å². The highest BCUT2D eigenvalue weighted by atomic mass is 32.2. The van der Waals surface area contributed by atoms with Gasteiger partial charge in [0, 0.05) is 29.3 Å². The lowest BCUT2D eigenvalue weighted by Gasteiger charge is -2.49. The van der Waals surface area contributed by atoms with Crippen molar-refractivity contribution in [1.29, 1.82) is 0 Å². The number of aliphatic carboxylic acids is 1. The zero-order valence-electron chi connectivity index (χ0n) is 17.3. The smallest absolute Gasteiger partial charge is 0.352 e. The Labute approximate surface area is 193 Å². The average molecular weight is 474 g/mol. The number of carboxylic acids is 1. The fraction of sp³-hybridized carbons (Fsp3) is 0.455. The van der Waals surface area contributed by atoms with Crippen LogP contribution in [0, 0.1) is 5.92 Å². The molecule has 32 heavy (non-hydrogen) atoms. The van der Waals surface area contributed by atoms with Crippen LogP contribution in [0.5, 0.6) is 0 Å². The molecule has 10 heteroatoms. The van der Waals surface area contributed by atoms with Gasteiger partial charge in [-0.15, -0.1) is 23.1 Å². The second kappa shape index (κ2) is 8.40. The zero-order valence-corrected chi connectivity index (χ0v) is 18.9. The standard InChI is InChI=1S/C22H23N3O5S2/c26-16(9-15-2-1-7-31-15)23-17-20(28)25-18(22(29)30)14(11-32-21(17)25)8-13-5-6-24(19(13)27)10-12-3-4-12/h1-2,7-8,12,17,21H,3-6,9-11H2,(H,23,26)(H,29,30). The summed E-state index contributed by atoms with van der Waals surface area (Å²) in [5.41, 5.74) is 1.00. The van der Waals surface area contributed by atoms with Gasteiger partial charge >= 0.3 is 5.97 Å². The monoisotopic (exact) mass is 473 g/mol. The quantitative estimate of drug-likeness (QED) is 0.460. The maximum Gasteiger partial charge on any atom is 0.352 e. The van der Waals surface area contributed by atoms with Crippen LogP contribution in [0.1, 0.15) is 24.1 Å². The van der Waals surface area contributed by atoms with E-state index in [9.17, 15) is 24.3 Å². The van der Waals surface area contributed by atoms with Crippen molar-refractivity contribution < 1.29 is 24.3 Å². The summed E-state index contributed by atoms with van der Waals surface area (Å²) in [6.07, 6.45) is 4.77. The molecule has 2 saturated heterocycles. The van der Waals surface area contributed by atoms with Gasteiger partial charge in [-0.05, 0) is 48.3 Å². The van der Waals surface area contributed by atoms with Crippen molar-refractivity contribution in [3.63, 3.8) is 0 Å². The predicted octanol–water partition coefficient (Wildman–Crippen LogP) is 1.60. The molecule has 1 aromatic heterocycles. The molecule has 168 valence electrons. The molecule has 1 saturated carbocycles. The molecule has 4 heterocycles. The first-order valence-corrected chi connectivity index (χ1v) is 12.6. The van der Waals surface area contributed by atoms with E-state index in [2.05, 4.69) is 5.32 Å². The minimum absolute atomic E-state index is 0.0325. The molecule has 5 rings (SSSR count). The normalized spacial score (nSPS) is 26.4. The molecule has 8 nitrogen and oxygen atoms in total. The Morgan fingerprint density at radius 2 is 2.09 bits per heavy atom. The number of hydrogen-bond donors (Lipinski definition) is 2. The highest BCUT2D eigenvalue weighted by molar-refractivity contribution is 8.00. The molecule has 0 spiro atoms. The molecule has 0 aromatic carbocycles. The number of fused-ring (bicyclic) bond motifs is 1. The molecule has 0 radical (unpaired) electrons. The van der Waals surface area contributed by atoms with Crippen LogP contribution in [-0.4, -0.2) is 68.9 Å². The molecule has 2 N–H and O–H groups in total. The first-order valence-electron chi connectivity index (χ1n) is 10.6. The number of carboxylic acid groups (broad SMARTS) is 1. The number of nitrogens with zero attached hydrogens (tertiary/aromatic N) is 2. The maximum absolute atomic E-state index is 12.8. The zero-order chi connectivity index (χ0) is 22.4. The summed E-state index contributed by atoms with van der Waals surface area (Å²) in [6, 6.07) is 2.98. The van der Waals surface area contributed by atoms with Crippen molar-refractivity contribution in [3.05, 3.63) is 45.3 Å². The average Bonchev–Trinajstić information content (AvgIpc) is 3.33. The third kappa shape index (κ3) is 3.97. The number of carbonyl (C=O) groups is 4. The Morgan fingerprint density at radius 1 is 1.28 bits per heavy atom. The summed E-state index contributed by atoms with van der Waals surface area (Å²) < 4.78 is 0. The van der Waals surface area contributed by atoms with Crippen LogP contribution in [0.4, 0.5) is 0 Å². The lowest BCUT2D eigenvalue weighted by Crippen LogP contribution is -2.70. The molecule has 1 aromatic rings. The van der Waals surface area contributed by atoms with E-state index < -0.39 is 23.3 Å². The van der Waals surface area contributed by atoms with E-state index in [0.717, 1.165) is 24.3 Å². The summed E-state index contributed by atoms with van der Waals surface area (Å²) in [5, 5.41) is 14.0. The van der Waals surface area contributed by atoms with E-state index in [0.29, 0.717) is 35.8 Å². The van der Waals surface area contributed by atoms with Gasteiger partial charge in [-0.2, -0.15) is 0 Å². The van der Waals surface area contributed by atoms with Crippen molar-refractivity contribution in [1.82, 2.24) is 15.1 Å². The first-order chi connectivity index (χ1) is 15.4. The minimum Gasteiger partial charge on any atom is -0.477 e. The maximum atomic E-state index is 12.8. The molecule has 3 aliphatic heterocycles.